The van der Waals surface area contributed by atoms with Crippen molar-refractivity contribution in [1.82, 2.24) is 10.2 Å². The van der Waals surface area contributed by atoms with E-state index in [9.17, 15) is 0 Å². The fourth-order valence-corrected chi connectivity index (χ4v) is 0.791. The molecule has 0 saturated heterocycles. The van der Waals surface area contributed by atoms with Crippen molar-refractivity contribution in [2.24, 2.45) is 0 Å². The molecule has 0 rings (SSSR count). The first kappa shape index (κ1) is 12.8. The topological polar surface area (TPSA) is 44.7 Å². The van der Waals surface area contributed by atoms with Crippen LogP contribution in [-0.2, 0) is 4.74 Å². The van der Waals surface area contributed by atoms with Crippen LogP contribution < -0.4 is 5.32 Å². The maximum Gasteiger partial charge on any atom is 0.104 e. The Morgan fingerprint density at radius 1 is 1.38 bits per heavy atom. The number of nitrogens with zero attached hydrogens (tertiary/aromatic N) is 1. The molecule has 13 heavy (non-hydrogen) atoms. The Balaban J connectivity index is 2.99. The largest absolute Gasteiger partial charge is 0.379 e. The molecule has 0 aromatic carbocycles. The van der Waals surface area contributed by atoms with E-state index in [-0.39, 0.29) is 0 Å². The first-order chi connectivity index (χ1) is 6.16. The van der Waals surface area contributed by atoms with Crippen LogP contribution in [0.25, 0.3) is 0 Å². The molecule has 0 radical (unpaired) electrons. The maximum atomic E-state index is 9.13. The van der Waals surface area contributed by atoms with Crippen LogP contribution in [0, 0.1) is 0 Å². The van der Waals surface area contributed by atoms with Crippen LogP contribution in [-0.4, -0.2) is 56.6 Å². The second kappa shape index (κ2) is 8.44. The van der Waals surface area contributed by atoms with Crippen molar-refractivity contribution >= 4 is 0 Å². The van der Waals surface area contributed by atoms with Gasteiger partial charge in [-0.3, -0.25) is 5.32 Å². The molecule has 0 bridgehead atoms. The average molecular weight is 190 g/mol. The Morgan fingerprint density at radius 3 is 2.62 bits per heavy atom. The highest BCUT2D eigenvalue weighted by Crippen LogP contribution is 1.83. The molecule has 0 aromatic rings. The smallest absolute Gasteiger partial charge is 0.104 e. The number of hydrogen-bond acceptors (Lipinski definition) is 4. The zero-order chi connectivity index (χ0) is 10.1. The predicted molar refractivity (Wildman–Crippen MR) is 53.7 cm³/mol. The van der Waals surface area contributed by atoms with Gasteiger partial charge in [0.15, 0.2) is 0 Å². The van der Waals surface area contributed by atoms with Crippen LogP contribution in [0.15, 0.2) is 0 Å². The lowest BCUT2D eigenvalue weighted by atomic mass is 10.4. The van der Waals surface area contributed by atoms with Gasteiger partial charge in [0.05, 0.1) is 13.2 Å². The standard InChI is InChI=1S/C9H22N2O2/c1-4-9(12)10-5-7-13-8-6-11(2)3/h9-10,12H,4-8H2,1-3H3. The Kier molecular flexibility index (Phi) is 8.33. The Morgan fingerprint density at radius 2 is 2.08 bits per heavy atom. The number of aliphatic hydroxyl groups excluding tert-OH is 1. The first-order valence-electron chi connectivity index (χ1n) is 4.80. The zero-order valence-corrected chi connectivity index (χ0v) is 8.92. The molecule has 0 aliphatic rings. The van der Waals surface area contributed by atoms with Gasteiger partial charge in [-0.2, -0.15) is 0 Å². The summed E-state index contributed by atoms with van der Waals surface area (Å²) in [5.74, 6) is 0. The van der Waals surface area contributed by atoms with Crippen molar-refractivity contribution in [1.29, 1.82) is 0 Å². The van der Waals surface area contributed by atoms with E-state index in [1.807, 2.05) is 21.0 Å². The molecule has 0 fully saturated rings. The molecular weight excluding hydrogens is 168 g/mol. The Bertz CT molecular complexity index is 110. The van der Waals surface area contributed by atoms with Gasteiger partial charge < -0.3 is 14.7 Å². The quantitative estimate of drug-likeness (QED) is 0.414. The highest BCUT2D eigenvalue weighted by molar-refractivity contribution is 4.49. The van der Waals surface area contributed by atoms with E-state index in [0.717, 1.165) is 19.6 Å². The molecule has 0 spiro atoms. The van der Waals surface area contributed by atoms with Gasteiger partial charge in [-0.05, 0) is 20.5 Å². The third-order valence-corrected chi connectivity index (χ3v) is 1.70. The molecule has 0 amide bonds. The molecule has 0 aromatic heterocycles. The summed E-state index contributed by atoms with van der Waals surface area (Å²) in [6, 6.07) is 0. The highest BCUT2D eigenvalue weighted by atomic mass is 16.5. The fourth-order valence-electron chi connectivity index (χ4n) is 0.791. The molecule has 0 aliphatic carbocycles. The third-order valence-electron chi connectivity index (χ3n) is 1.70. The summed E-state index contributed by atoms with van der Waals surface area (Å²) in [7, 11) is 4.03. The predicted octanol–water partition coefficient (Wildman–Crippen LogP) is -0.117. The normalized spacial score (nSPS) is 13.6. The minimum atomic E-state index is -0.391. The van der Waals surface area contributed by atoms with Crippen molar-refractivity contribution in [3.05, 3.63) is 0 Å². The minimum Gasteiger partial charge on any atom is -0.379 e. The molecule has 4 nitrogen and oxygen atoms in total. The zero-order valence-electron chi connectivity index (χ0n) is 8.92. The van der Waals surface area contributed by atoms with Crippen molar-refractivity contribution in [2.45, 2.75) is 19.6 Å². The van der Waals surface area contributed by atoms with E-state index < -0.39 is 6.23 Å². The van der Waals surface area contributed by atoms with Crippen LogP contribution in [0.4, 0.5) is 0 Å². The summed E-state index contributed by atoms with van der Waals surface area (Å²) in [5, 5.41) is 12.1. The lowest BCUT2D eigenvalue weighted by Crippen LogP contribution is -2.31. The monoisotopic (exact) mass is 190 g/mol. The summed E-state index contributed by atoms with van der Waals surface area (Å²) in [5.41, 5.74) is 0. The number of likely N-dealkylation sites (N-methyl/N-ethyl adjacent to an activating group) is 1. The molecule has 80 valence electrons. The van der Waals surface area contributed by atoms with Crippen LogP contribution in [0.2, 0.25) is 0 Å². The van der Waals surface area contributed by atoms with Crippen LogP contribution in [0.3, 0.4) is 0 Å². The van der Waals surface area contributed by atoms with Crippen LogP contribution in [0.5, 0.6) is 0 Å². The van der Waals surface area contributed by atoms with E-state index >= 15 is 0 Å². The number of rotatable bonds is 8. The average Bonchev–Trinajstić information content (AvgIpc) is 2.10. The van der Waals surface area contributed by atoms with Gasteiger partial charge in [0.25, 0.3) is 0 Å². The van der Waals surface area contributed by atoms with Gasteiger partial charge in [0, 0.05) is 13.1 Å². The van der Waals surface area contributed by atoms with Gasteiger partial charge in [-0.1, -0.05) is 6.92 Å². The molecule has 0 heterocycles. The van der Waals surface area contributed by atoms with Crippen molar-refractivity contribution in [3.8, 4) is 0 Å². The molecule has 2 N–H and O–H groups in total. The SMILES string of the molecule is CCC(O)NCCOCCN(C)C. The van der Waals surface area contributed by atoms with E-state index in [2.05, 4.69) is 10.2 Å². The fraction of sp³-hybridized carbons (Fsp3) is 1.00. The van der Waals surface area contributed by atoms with E-state index in [4.69, 9.17) is 9.84 Å². The summed E-state index contributed by atoms with van der Waals surface area (Å²) in [4.78, 5) is 2.08. The summed E-state index contributed by atoms with van der Waals surface area (Å²) >= 11 is 0. The molecule has 1 atom stereocenters. The van der Waals surface area contributed by atoms with Crippen molar-refractivity contribution in [3.63, 3.8) is 0 Å². The van der Waals surface area contributed by atoms with Gasteiger partial charge >= 0.3 is 0 Å². The van der Waals surface area contributed by atoms with E-state index in [1.165, 1.54) is 0 Å². The maximum absolute atomic E-state index is 9.13. The number of nitrogens with one attached hydrogen (secondary N) is 1. The van der Waals surface area contributed by atoms with Gasteiger partial charge in [-0.15, -0.1) is 0 Å². The van der Waals surface area contributed by atoms with E-state index in [0.29, 0.717) is 13.2 Å². The van der Waals surface area contributed by atoms with Crippen LogP contribution >= 0.6 is 0 Å². The lowest BCUT2D eigenvalue weighted by molar-refractivity contribution is 0.0900. The van der Waals surface area contributed by atoms with Crippen molar-refractivity contribution < 1.29 is 9.84 Å². The number of aliphatic hydroxyl groups is 1. The third kappa shape index (κ3) is 9.76. The molecule has 0 aliphatic heterocycles. The number of ether oxygens (including phenoxy) is 1. The van der Waals surface area contributed by atoms with Gasteiger partial charge in [0.1, 0.15) is 6.23 Å². The molecule has 4 heteroatoms. The van der Waals surface area contributed by atoms with Gasteiger partial charge in [-0.25, -0.2) is 0 Å². The highest BCUT2D eigenvalue weighted by Gasteiger charge is 1.97. The molecule has 0 saturated carbocycles. The lowest BCUT2D eigenvalue weighted by Gasteiger charge is -2.12. The second-order valence-corrected chi connectivity index (χ2v) is 3.29. The summed E-state index contributed by atoms with van der Waals surface area (Å²) in [6.07, 6.45) is 0.343. The van der Waals surface area contributed by atoms with Crippen molar-refractivity contribution in [2.75, 3.05) is 40.4 Å². The van der Waals surface area contributed by atoms with Gasteiger partial charge in [0.2, 0.25) is 0 Å². The minimum absolute atomic E-state index is 0.391. The second-order valence-electron chi connectivity index (χ2n) is 3.29. The first-order valence-corrected chi connectivity index (χ1v) is 4.80. The number of hydrogen-bond donors (Lipinski definition) is 2. The molecule has 1 unspecified atom stereocenters. The van der Waals surface area contributed by atoms with E-state index in [1.54, 1.807) is 0 Å². The summed E-state index contributed by atoms with van der Waals surface area (Å²) in [6.45, 7) is 4.99. The van der Waals surface area contributed by atoms with Crippen LogP contribution in [0.1, 0.15) is 13.3 Å². The summed E-state index contributed by atoms with van der Waals surface area (Å²) < 4.78 is 5.32. The molecular formula is C9H22N2O2. The Hall–Kier alpha value is -0.160. The Labute approximate surface area is 80.9 Å².